The average molecular weight is 339 g/mol. The third-order valence-corrected chi connectivity index (χ3v) is 5.37. The summed E-state index contributed by atoms with van der Waals surface area (Å²) in [5.41, 5.74) is 3.99. The zero-order valence-electron chi connectivity index (χ0n) is 14.1. The number of rotatable bonds is 3. The lowest BCUT2D eigenvalue weighted by Crippen LogP contribution is -2.50. The van der Waals surface area contributed by atoms with Crippen molar-refractivity contribution in [1.29, 1.82) is 0 Å². The molecule has 1 unspecified atom stereocenters. The molecule has 0 radical (unpaired) electrons. The Kier molecular flexibility index (Phi) is 5.31. The molecule has 1 saturated heterocycles. The Bertz CT molecular complexity index is 678. The van der Waals surface area contributed by atoms with Crippen LogP contribution in [0.15, 0.2) is 12.1 Å². The number of benzene rings is 1. The van der Waals surface area contributed by atoms with Crippen LogP contribution in [0.2, 0.25) is 0 Å². The normalized spacial score (nSPS) is 19.4. The number of aryl methyl sites for hydroxylation is 3. The first kappa shape index (κ1) is 17.7. The van der Waals surface area contributed by atoms with Crippen LogP contribution in [0.1, 0.15) is 29.5 Å². The van der Waals surface area contributed by atoms with E-state index in [1.165, 1.54) is 10.6 Å². The summed E-state index contributed by atoms with van der Waals surface area (Å²) >= 11 is 0. The van der Waals surface area contributed by atoms with Gasteiger partial charge >= 0.3 is 6.03 Å². The van der Waals surface area contributed by atoms with E-state index in [4.69, 9.17) is 0 Å². The molecule has 1 aromatic rings. The van der Waals surface area contributed by atoms with E-state index in [0.29, 0.717) is 13.1 Å². The topological polar surface area (TPSA) is 78.5 Å². The largest absolute Gasteiger partial charge is 0.334 e. The highest BCUT2D eigenvalue weighted by Crippen LogP contribution is 2.22. The minimum Gasteiger partial charge on any atom is -0.334 e. The Balaban J connectivity index is 2.00. The highest BCUT2D eigenvalue weighted by Gasteiger charge is 2.26. The molecule has 1 aromatic carbocycles. The summed E-state index contributed by atoms with van der Waals surface area (Å²) in [6.07, 6.45) is 2.74. The first-order valence-electron chi connectivity index (χ1n) is 7.77. The molecule has 0 aromatic heterocycles. The van der Waals surface area contributed by atoms with Gasteiger partial charge in [-0.1, -0.05) is 17.7 Å². The summed E-state index contributed by atoms with van der Waals surface area (Å²) in [7, 11) is -3.21. The van der Waals surface area contributed by atoms with Gasteiger partial charge in [-0.15, -0.1) is 0 Å². The third kappa shape index (κ3) is 4.68. The fraction of sp³-hybridized carbons (Fsp3) is 0.562. The van der Waals surface area contributed by atoms with E-state index < -0.39 is 10.0 Å². The van der Waals surface area contributed by atoms with Gasteiger partial charge in [0, 0.05) is 24.8 Å². The number of sulfonamides is 1. The predicted molar refractivity (Wildman–Crippen MR) is 92.2 cm³/mol. The fourth-order valence-electron chi connectivity index (χ4n) is 3.07. The smallest absolute Gasteiger partial charge is 0.319 e. The molecule has 1 aliphatic rings. The molecule has 2 amide bonds. The third-order valence-electron chi connectivity index (χ3n) is 4.10. The molecule has 2 N–H and O–H groups in total. The van der Waals surface area contributed by atoms with Crippen LogP contribution in [0, 0.1) is 20.8 Å². The Labute approximate surface area is 138 Å². The maximum atomic E-state index is 12.2. The van der Waals surface area contributed by atoms with Crippen LogP contribution in [0.4, 0.5) is 10.5 Å². The van der Waals surface area contributed by atoms with Gasteiger partial charge in [0.1, 0.15) is 0 Å². The lowest BCUT2D eigenvalue weighted by Gasteiger charge is -2.31. The van der Waals surface area contributed by atoms with Gasteiger partial charge in [0.15, 0.2) is 0 Å². The highest BCUT2D eigenvalue weighted by molar-refractivity contribution is 7.88. The van der Waals surface area contributed by atoms with Gasteiger partial charge in [-0.25, -0.2) is 17.5 Å². The SMILES string of the molecule is Cc1cc(C)c(NC(=O)NC2CCCN(S(C)(=O)=O)C2)c(C)c1. The Morgan fingerprint density at radius 3 is 2.39 bits per heavy atom. The molecule has 0 saturated carbocycles. The van der Waals surface area contributed by atoms with E-state index in [9.17, 15) is 13.2 Å². The fourth-order valence-corrected chi connectivity index (χ4v) is 3.99. The number of carbonyl (C=O) groups is 1. The first-order valence-corrected chi connectivity index (χ1v) is 9.62. The minimum absolute atomic E-state index is 0.162. The molecule has 0 aliphatic carbocycles. The second-order valence-electron chi connectivity index (χ2n) is 6.33. The van der Waals surface area contributed by atoms with E-state index in [2.05, 4.69) is 10.6 Å². The van der Waals surface area contributed by atoms with Crippen LogP contribution in [0.25, 0.3) is 0 Å². The standard InChI is InChI=1S/C16H25N3O3S/c1-11-8-12(2)15(13(3)9-11)18-16(20)17-14-6-5-7-19(10-14)23(4,21)22/h8-9,14H,5-7,10H2,1-4H3,(H2,17,18,20). The van der Waals surface area contributed by atoms with Gasteiger partial charge in [-0.2, -0.15) is 0 Å². The van der Waals surface area contributed by atoms with E-state index >= 15 is 0 Å². The molecular weight excluding hydrogens is 314 g/mol. The Morgan fingerprint density at radius 2 is 1.83 bits per heavy atom. The van der Waals surface area contributed by atoms with Gasteiger partial charge in [0.2, 0.25) is 10.0 Å². The number of hydrogen-bond acceptors (Lipinski definition) is 3. The van der Waals surface area contributed by atoms with Crippen molar-refractivity contribution in [1.82, 2.24) is 9.62 Å². The van der Waals surface area contributed by atoms with Crippen molar-refractivity contribution < 1.29 is 13.2 Å². The predicted octanol–water partition coefficient (Wildman–Crippen LogP) is 2.16. The molecular formula is C16H25N3O3S. The molecule has 0 spiro atoms. The van der Waals surface area contributed by atoms with Gasteiger partial charge in [0.25, 0.3) is 0 Å². The van der Waals surface area contributed by atoms with Gasteiger partial charge in [-0.3, -0.25) is 0 Å². The van der Waals surface area contributed by atoms with E-state index in [0.717, 1.165) is 35.2 Å². The summed E-state index contributed by atoms with van der Waals surface area (Å²) < 4.78 is 24.7. The summed E-state index contributed by atoms with van der Waals surface area (Å²) in [5.74, 6) is 0. The van der Waals surface area contributed by atoms with Crippen molar-refractivity contribution in [2.45, 2.75) is 39.7 Å². The zero-order valence-corrected chi connectivity index (χ0v) is 15.0. The second kappa shape index (κ2) is 6.88. The summed E-state index contributed by atoms with van der Waals surface area (Å²) in [6.45, 7) is 6.79. The Morgan fingerprint density at radius 1 is 1.22 bits per heavy atom. The molecule has 1 fully saturated rings. The van der Waals surface area contributed by atoms with E-state index in [-0.39, 0.29) is 12.1 Å². The maximum Gasteiger partial charge on any atom is 0.319 e. The number of amides is 2. The first-order chi connectivity index (χ1) is 10.7. The van der Waals surface area contributed by atoms with Crippen LogP contribution in [-0.4, -0.2) is 44.1 Å². The van der Waals surface area contributed by atoms with Crippen LogP contribution in [0.3, 0.4) is 0 Å². The minimum atomic E-state index is -3.21. The van der Waals surface area contributed by atoms with Crippen LogP contribution in [0.5, 0.6) is 0 Å². The summed E-state index contributed by atoms with van der Waals surface area (Å²) in [5, 5.41) is 5.77. The highest BCUT2D eigenvalue weighted by atomic mass is 32.2. The van der Waals surface area contributed by atoms with Crippen molar-refractivity contribution in [2.75, 3.05) is 24.7 Å². The monoisotopic (exact) mass is 339 g/mol. The van der Waals surface area contributed by atoms with Crippen molar-refractivity contribution in [3.8, 4) is 0 Å². The van der Waals surface area contributed by atoms with Gasteiger partial charge < -0.3 is 10.6 Å². The van der Waals surface area contributed by atoms with Crippen molar-refractivity contribution in [2.24, 2.45) is 0 Å². The van der Waals surface area contributed by atoms with Crippen molar-refractivity contribution in [3.05, 3.63) is 28.8 Å². The quantitative estimate of drug-likeness (QED) is 0.886. The Hall–Kier alpha value is -1.60. The number of piperidine rings is 1. The molecule has 23 heavy (non-hydrogen) atoms. The molecule has 128 valence electrons. The lowest BCUT2D eigenvalue weighted by atomic mass is 10.1. The molecule has 2 rings (SSSR count). The van der Waals surface area contributed by atoms with E-state index in [1.54, 1.807) is 0 Å². The summed E-state index contributed by atoms with van der Waals surface area (Å²) in [4.78, 5) is 12.2. The molecule has 1 heterocycles. The van der Waals surface area contributed by atoms with Crippen molar-refractivity contribution >= 4 is 21.7 Å². The molecule has 6 nitrogen and oxygen atoms in total. The number of hydrogen-bond donors (Lipinski definition) is 2. The maximum absolute atomic E-state index is 12.2. The zero-order chi connectivity index (χ0) is 17.2. The number of nitrogens with zero attached hydrogens (tertiary/aromatic N) is 1. The number of nitrogens with one attached hydrogen (secondary N) is 2. The number of anilines is 1. The van der Waals surface area contributed by atoms with Crippen molar-refractivity contribution in [3.63, 3.8) is 0 Å². The molecule has 7 heteroatoms. The number of urea groups is 1. The van der Waals surface area contributed by atoms with E-state index in [1.807, 2.05) is 32.9 Å². The van der Waals surface area contributed by atoms with Gasteiger partial charge in [0.05, 0.1) is 6.26 Å². The second-order valence-corrected chi connectivity index (χ2v) is 8.31. The van der Waals surface area contributed by atoms with Crippen LogP contribution >= 0.6 is 0 Å². The van der Waals surface area contributed by atoms with Gasteiger partial charge in [-0.05, 0) is 44.7 Å². The lowest BCUT2D eigenvalue weighted by molar-refractivity contribution is 0.236. The van der Waals surface area contributed by atoms with Crippen LogP contribution < -0.4 is 10.6 Å². The molecule has 1 aliphatic heterocycles. The molecule has 0 bridgehead atoms. The number of carbonyl (C=O) groups excluding carboxylic acids is 1. The van der Waals surface area contributed by atoms with Crippen LogP contribution in [-0.2, 0) is 10.0 Å². The summed E-state index contributed by atoms with van der Waals surface area (Å²) in [6, 6.07) is 3.59. The molecule has 1 atom stereocenters. The average Bonchev–Trinajstić information content (AvgIpc) is 2.42.